The van der Waals surface area contributed by atoms with Crippen molar-refractivity contribution in [3.8, 4) is 0 Å². The zero-order valence-electron chi connectivity index (χ0n) is 17.0. The first-order chi connectivity index (χ1) is 12.4. The fraction of sp³-hybridized carbons (Fsp3) is 0.947. The van der Waals surface area contributed by atoms with Crippen LogP contribution in [0.3, 0.4) is 0 Å². The second-order valence-electron chi connectivity index (χ2n) is 8.05. The first kappa shape index (κ1) is 21.6. The lowest BCUT2D eigenvalue weighted by Crippen LogP contribution is -2.47. The number of guanidine groups is 1. The number of rotatable bonds is 7. The lowest BCUT2D eigenvalue weighted by atomic mass is 10.1. The number of aliphatic imine (C=N–C) groups is 1. The summed E-state index contributed by atoms with van der Waals surface area (Å²) in [5.41, 5.74) is 0. The van der Waals surface area contributed by atoms with E-state index in [2.05, 4.69) is 17.1 Å². The first-order valence-electron chi connectivity index (χ1n) is 10.0. The molecule has 152 valence electrons. The average Bonchev–Trinajstić information content (AvgIpc) is 3.12. The van der Waals surface area contributed by atoms with E-state index in [0.717, 1.165) is 64.5 Å². The maximum absolute atomic E-state index is 12.2. The van der Waals surface area contributed by atoms with E-state index in [4.69, 9.17) is 14.5 Å². The standard InChI is InChI=1S/C19H37N3O3S/c1-5-20-18(21-10-14-26(23)19(2,3)4)22-11-8-16(9-12-22)25-15-17-7-6-13-24-17/h16-17H,5-15H2,1-4H3,(H,20,21). The van der Waals surface area contributed by atoms with Gasteiger partial charge in [-0.2, -0.15) is 0 Å². The van der Waals surface area contributed by atoms with Gasteiger partial charge in [0.2, 0.25) is 0 Å². The summed E-state index contributed by atoms with van der Waals surface area (Å²) < 4.78 is 23.7. The molecule has 2 atom stereocenters. The molecule has 2 heterocycles. The third kappa shape index (κ3) is 7.16. The molecule has 7 heteroatoms. The molecule has 0 aliphatic carbocycles. The Kier molecular flexibility index (Phi) is 8.84. The number of ether oxygens (including phenoxy) is 2. The summed E-state index contributed by atoms with van der Waals surface area (Å²) in [7, 11) is -0.858. The molecule has 0 aromatic heterocycles. The van der Waals surface area contributed by atoms with Crippen LogP contribution >= 0.6 is 0 Å². The number of hydrogen-bond acceptors (Lipinski definition) is 4. The number of likely N-dealkylation sites (tertiary alicyclic amines) is 1. The minimum atomic E-state index is -0.858. The molecule has 1 N–H and O–H groups in total. The SMILES string of the molecule is CCNC(=NCCS(=O)C(C)(C)C)N1CCC(OCC2CCCO2)CC1. The Balaban J connectivity index is 1.75. The van der Waals surface area contributed by atoms with E-state index in [-0.39, 0.29) is 4.75 Å². The van der Waals surface area contributed by atoms with Gasteiger partial charge in [0, 0.05) is 47.5 Å². The predicted molar refractivity (Wildman–Crippen MR) is 108 cm³/mol. The zero-order valence-corrected chi connectivity index (χ0v) is 17.8. The summed E-state index contributed by atoms with van der Waals surface area (Å²) in [6.07, 6.45) is 4.96. The number of piperidine rings is 1. The highest BCUT2D eigenvalue weighted by Crippen LogP contribution is 2.18. The molecule has 2 fully saturated rings. The summed E-state index contributed by atoms with van der Waals surface area (Å²) in [5, 5.41) is 3.37. The fourth-order valence-corrected chi connectivity index (χ4v) is 4.09. The van der Waals surface area contributed by atoms with Gasteiger partial charge in [0.05, 0.1) is 25.4 Å². The van der Waals surface area contributed by atoms with Crippen molar-refractivity contribution >= 4 is 16.8 Å². The molecule has 0 amide bonds. The minimum absolute atomic E-state index is 0.174. The first-order valence-corrected chi connectivity index (χ1v) is 11.4. The van der Waals surface area contributed by atoms with Crippen molar-refractivity contribution in [1.29, 1.82) is 0 Å². The molecular weight excluding hydrogens is 350 g/mol. The van der Waals surface area contributed by atoms with E-state index in [1.54, 1.807) is 0 Å². The molecule has 0 saturated carbocycles. The molecule has 0 bridgehead atoms. The van der Waals surface area contributed by atoms with Crippen molar-refractivity contribution in [2.75, 3.05) is 45.1 Å². The van der Waals surface area contributed by atoms with Gasteiger partial charge in [-0.15, -0.1) is 0 Å². The van der Waals surface area contributed by atoms with Crippen molar-refractivity contribution in [1.82, 2.24) is 10.2 Å². The third-order valence-corrected chi connectivity index (χ3v) is 6.76. The van der Waals surface area contributed by atoms with E-state index < -0.39 is 10.8 Å². The summed E-state index contributed by atoms with van der Waals surface area (Å²) in [6.45, 7) is 13.1. The highest BCUT2D eigenvalue weighted by molar-refractivity contribution is 7.86. The Morgan fingerprint density at radius 3 is 2.62 bits per heavy atom. The van der Waals surface area contributed by atoms with Crippen molar-refractivity contribution in [2.24, 2.45) is 4.99 Å². The molecule has 2 saturated heterocycles. The molecular formula is C19H37N3O3S. The van der Waals surface area contributed by atoms with Crippen LogP contribution in [0.15, 0.2) is 4.99 Å². The zero-order chi connectivity index (χ0) is 19.0. The van der Waals surface area contributed by atoms with Gasteiger partial charge in [0.1, 0.15) is 0 Å². The van der Waals surface area contributed by atoms with Gasteiger partial charge >= 0.3 is 0 Å². The van der Waals surface area contributed by atoms with Gasteiger partial charge < -0.3 is 19.7 Å². The van der Waals surface area contributed by atoms with Gasteiger partial charge in [-0.05, 0) is 53.4 Å². The molecule has 0 spiro atoms. The largest absolute Gasteiger partial charge is 0.376 e. The van der Waals surface area contributed by atoms with Gasteiger partial charge in [-0.3, -0.25) is 9.20 Å². The molecule has 6 nitrogen and oxygen atoms in total. The monoisotopic (exact) mass is 387 g/mol. The normalized spacial score (nSPS) is 24.1. The van der Waals surface area contributed by atoms with Crippen LogP contribution < -0.4 is 5.32 Å². The number of hydrogen-bond donors (Lipinski definition) is 1. The Morgan fingerprint density at radius 1 is 1.31 bits per heavy atom. The highest BCUT2D eigenvalue weighted by Gasteiger charge is 2.24. The summed E-state index contributed by atoms with van der Waals surface area (Å²) in [4.78, 5) is 7.00. The smallest absolute Gasteiger partial charge is 0.193 e. The van der Waals surface area contributed by atoms with Crippen LogP contribution in [-0.2, 0) is 20.3 Å². The van der Waals surface area contributed by atoms with Crippen LogP contribution in [0, 0.1) is 0 Å². The summed E-state index contributed by atoms with van der Waals surface area (Å²) in [6, 6.07) is 0. The summed E-state index contributed by atoms with van der Waals surface area (Å²) >= 11 is 0. The van der Waals surface area contributed by atoms with Crippen LogP contribution in [-0.4, -0.2) is 77.2 Å². The molecule has 0 radical (unpaired) electrons. The molecule has 26 heavy (non-hydrogen) atoms. The molecule has 2 unspecified atom stereocenters. The van der Waals surface area contributed by atoms with E-state index in [0.29, 0.717) is 24.5 Å². The van der Waals surface area contributed by atoms with Crippen molar-refractivity contribution in [2.45, 2.75) is 70.3 Å². The highest BCUT2D eigenvalue weighted by atomic mass is 32.2. The molecule has 0 aromatic carbocycles. The Bertz CT molecular complexity index is 465. The third-order valence-electron chi connectivity index (χ3n) is 4.84. The van der Waals surface area contributed by atoms with E-state index in [1.807, 2.05) is 20.8 Å². The Labute approximate surface area is 161 Å². The van der Waals surface area contributed by atoms with E-state index in [1.165, 1.54) is 0 Å². The van der Waals surface area contributed by atoms with Gasteiger partial charge in [-0.1, -0.05) is 0 Å². The average molecular weight is 388 g/mol. The van der Waals surface area contributed by atoms with Crippen molar-refractivity contribution in [3.63, 3.8) is 0 Å². The van der Waals surface area contributed by atoms with Crippen LogP contribution in [0.25, 0.3) is 0 Å². The van der Waals surface area contributed by atoms with Gasteiger partial charge in [0.25, 0.3) is 0 Å². The second kappa shape index (κ2) is 10.6. The molecule has 2 rings (SSSR count). The maximum atomic E-state index is 12.2. The molecule has 0 aromatic rings. The minimum Gasteiger partial charge on any atom is -0.376 e. The maximum Gasteiger partial charge on any atom is 0.193 e. The van der Waals surface area contributed by atoms with Crippen LogP contribution in [0.5, 0.6) is 0 Å². The molecule has 2 aliphatic rings. The predicted octanol–water partition coefficient (Wildman–Crippen LogP) is 2.16. The van der Waals surface area contributed by atoms with Crippen LogP contribution in [0.2, 0.25) is 0 Å². The lowest BCUT2D eigenvalue weighted by Gasteiger charge is -2.34. The van der Waals surface area contributed by atoms with Crippen LogP contribution in [0.1, 0.15) is 53.4 Å². The Morgan fingerprint density at radius 2 is 2.04 bits per heavy atom. The topological polar surface area (TPSA) is 63.2 Å². The Hall–Kier alpha value is -0.660. The number of nitrogens with zero attached hydrogens (tertiary/aromatic N) is 2. The van der Waals surface area contributed by atoms with Gasteiger partial charge in [-0.25, -0.2) is 0 Å². The lowest BCUT2D eigenvalue weighted by molar-refractivity contribution is -0.0367. The summed E-state index contributed by atoms with van der Waals surface area (Å²) in [5.74, 6) is 1.55. The van der Waals surface area contributed by atoms with Crippen LogP contribution in [0.4, 0.5) is 0 Å². The van der Waals surface area contributed by atoms with E-state index in [9.17, 15) is 4.21 Å². The van der Waals surface area contributed by atoms with Gasteiger partial charge in [0.15, 0.2) is 5.96 Å². The van der Waals surface area contributed by atoms with Crippen molar-refractivity contribution in [3.05, 3.63) is 0 Å². The number of nitrogens with one attached hydrogen (secondary N) is 1. The second-order valence-corrected chi connectivity index (χ2v) is 10.4. The fourth-order valence-electron chi connectivity index (χ4n) is 3.22. The van der Waals surface area contributed by atoms with Crippen molar-refractivity contribution < 1.29 is 13.7 Å². The molecule has 2 aliphatic heterocycles. The van der Waals surface area contributed by atoms with E-state index >= 15 is 0 Å². The quantitative estimate of drug-likeness (QED) is 0.536.